The summed E-state index contributed by atoms with van der Waals surface area (Å²) in [5, 5.41) is 0. The highest BCUT2D eigenvalue weighted by Gasteiger charge is 2.43. The van der Waals surface area contributed by atoms with E-state index in [1.807, 2.05) is 0 Å². The first-order valence-electron chi connectivity index (χ1n) is 7.86. The van der Waals surface area contributed by atoms with Crippen molar-refractivity contribution in [2.45, 2.75) is 59.0 Å². The van der Waals surface area contributed by atoms with Crippen molar-refractivity contribution >= 4 is 41.4 Å². The van der Waals surface area contributed by atoms with Crippen LogP contribution in [0.2, 0.25) is 0 Å². The molecule has 0 bridgehead atoms. The number of carbonyl (C=O) groups is 5. The maximum Gasteiger partial charge on any atom is 0.303 e. The van der Waals surface area contributed by atoms with Gasteiger partial charge in [0, 0.05) is 34.6 Å². The third-order valence-corrected chi connectivity index (χ3v) is 3.20. The number of halogens is 1. The summed E-state index contributed by atoms with van der Waals surface area (Å²) < 4.78 is 25.2. The van der Waals surface area contributed by atoms with Crippen LogP contribution in [0.25, 0.3) is 0 Å². The Balaban J connectivity index is 5.96. The Labute approximate surface area is 161 Å². The van der Waals surface area contributed by atoms with Gasteiger partial charge in [-0.3, -0.25) is 24.0 Å². The summed E-state index contributed by atoms with van der Waals surface area (Å²) >= 11 is 5.81. The Kier molecular flexibility index (Phi) is 11.0. The number of ether oxygens (including phenoxy) is 5. The molecule has 0 spiro atoms. The zero-order valence-corrected chi connectivity index (χ0v) is 16.4. The van der Waals surface area contributed by atoms with Crippen LogP contribution in [0.15, 0.2) is 0 Å². The molecule has 27 heavy (non-hydrogen) atoms. The van der Waals surface area contributed by atoms with Gasteiger partial charge >= 0.3 is 29.8 Å². The van der Waals surface area contributed by atoms with Gasteiger partial charge in [-0.25, -0.2) is 0 Å². The van der Waals surface area contributed by atoms with Crippen molar-refractivity contribution < 1.29 is 47.7 Å². The average molecular weight is 411 g/mol. The summed E-state index contributed by atoms with van der Waals surface area (Å²) in [7, 11) is 0. The van der Waals surface area contributed by atoms with Gasteiger partial charge in [-0.1, -0.05) is 0 Å². The molecule has 0 rings (SSSR count). The van der Waals surface area contributed by atoms with Crippen molar-refractivity contribution in [3.8, 4) is 0 Å². The largest absolute Gasteiger partial charge is 0.462 e. The lowest BCUT2D eigenvalue weighted by Crippen LogP contribution is -2.53. The molecule has 154 valence electrons. The van der Waals surface area contributed by atoms with Gasteiger partial charge in [0.25, 0.3) is 0 Å². The molecule has 0 aromatic rings. The SMILES string of the molecule is CC(=O)OC[C@H](OC(C)=O)[C@@H](OC(C)=O)[C@H](OC(C)=O)[C@@H](CCl)OC(C)=O. The fraction of sp³-hybridized carbons (Fsp3) is 0.688. The van der Waals surface area contributed by atoms with Gasteiger partial charge in [0.05, 0.1) is 5.88 Å². The number of esters is 5. The summed E-state index contributed by atoms with van der Waals surface area (Å²) in [5.41, 5.74) is 0. The minimum absolute atomic E-state index is 0.324. The van der Waals surface area contributed by atoms with Gasteiger partial charge in [-0.05, 0) is 0 Å². The van der Waals surface area contributed by atoms with Crippen LogP contribution in [0.4, 0.5) is 0 Å². The maximum atomic E-state index is 11.6. The molecule has 0 aliphatic rings. The normalized spacial score (nSPS) is 14.7. The molecule has 0 radical (unpaired) electrons. The third-order valence-electron chi connectivity index (χ3n) is 2.90. The Morgan fingerprint density at radius 2 is 1.00 bits per heavy atom. The van der Waals surface area contributed by atoms with Crippen molar-refractivity contribution in [3.05, 3.63) is 0 Å². The molecule has 0 aromatic heterocycles. The lowest BCUT2D eigenvalue weighted by Gasteiger charge is -2.34. The molecular formula is C16H23ClO10. The van der Waals surface area contributed by atoms with Gasteiger partial charge in [-0.15, -0.1) is 11.6 Å². The van der Waals surface area contributed by atoms with Gasteiger partial charge in [0.2, 0.25) is 0 Å². The summed E-state index contributed by atoms with van der Waals surface area (Å²) in [6.45, 7) is 4.94. The summed E-state index contributed by atoms with van der Waals surface area (Å²) in [6.07, 6.45) is -5.46. The van der Waals surface area contributed by atoms with Crippen LogP contribution in [-0.4, -0.2) is 66.7 Å². The number of rotatable bonds is 10. The smallest absolute Gasteiger partial charge is 0.303 e. The van der Waals surface area contributed by atoms with Crippen molar-refractivity contribution in [1.29, 1.82) is 0 Å². The molecule has 0 heterocycles. The molecule has 0 aliphatic heterocycles. The highest BCUT2D eigenvalue weighted by Crippen LogP contribution is 2.21. The van der Waals surface area contributed by atoms with E-state index in [1.54, 1.807) is 0 Å². The second-order valence-electron chi connectivity index (χ2n) is 5.40. The Hall–Kier alpha value is -2.36. The second-order valence-corrected chi connectivity index (χ2v) is 5.71. The van der Waals surface area contributed by atoms with Crippen LogP contribution >= 0.6 is 11.6 Å². The fourth-order valence-electron chi connectivity index (χ4n) is 2.10. The molecule has 0 saturated carbocycles. The molecule has 0 N–H and O–H groups in total. The first-order valence-corrected chi connectivity index (χ1v) is 8.39. The summed E-state index contributed by atoms with van der Waals surface area (Å²) in [5.74, 6) is -4.13. The standard InChI is InChI=1S/C16H23ClO10/c1-8(18)23-7-14(25-10(3)20)16(27-12(5)22)15(26-11(4)21)13(6-17)24-9(2)19/h13-16H,6-7H2,1-5H3/t13-,14+,15-,16-/m1/s1. The Morgan fingerprint density at radius 1 is 0.630 bits per heavy atom. The summed E-state index contributed by atoms with van der Waals surface area (Å²) in [6, 6.07) is 0. The van der Waals surface area contributed by atoms with E-state index in [0.29, 0.717) is 0 Å². The van der Waals surface area contributed by atoms with Crippen molar-refractivity contribution in [2.24, 2.45) is 0 Å². The van der Waals surface area contributed by atoms with E-state index < -0.39 is 60.9 Å². The van der Waals surface area contributed by atoms with E-state index in [2.05, 4.69) is 0 Å². The van der Waals surface area contributed by atoms with Crippen LogP contribution in [0, 0.1) is 0 Å². The predicted octanol–water partition coefficient (Wildman–Crippen LogP) is 0.515. The quantitative estimate of drug-likeness (QED) is 0.285. The minimum atomic E-state index is -1.46. The summed E-state index contributed by atoms with van der Waals surface area (Å²) in [4.78, 5) is 56.9. The Bertz CT molecular complexity index is 561. The van der Waals surface area contributed by atoms with E-state index in [0.717, 1.165) is 34.6 Å². The van der Waals surface area contributed by atoms with E-state index in [9.17, 15) is 24.0 Å². The first-order chi connectivity index (χ1) is 12.5. The van der Waals surface area contributed by atoms with Crippen molar-refractivity contribution in [1.82, 2.24) is 0 Å². The molecular weight excluding hydrogens is 388 g/mol. The third kappa shape index (κ3) is 10.4. The molecule has 0 amide bonds. The number of hydrogen-bond donors (Lipinski definition) is 0. The van der Waals surface area contributed by atoms with Crippen LogP contribution in [0.1, 0.15) is 34.6 Å². The highest BCUT2D eigenvalue weighted by molar-refractivity contribution is 6.18. The van der Waals surface area contributed by atoms with Gasteiger partial charge < -0.3 is 23.7 Å². The lowest BCUT2D eigenvalue weighted by atomic mass is 10.0. The molecule has 0 saturated heterocycles. The van der Waals surface area contributed by atoms with Crippen LogP contribution in [0.3, 0.4) is 0 Å². The van der Waals surface area contributed by atoms with E-state index in [-0.39, 0.29) is 5.88 Å². The second kappa shape index (κ2) is 12.1. The average Bonchev–Trinajstić information content (AvgIpc) is 2.51. The van der Waals surface area contributed by atoms with Gasteiger partial charge in [0.15, 0.2) is 24.4 Å². The predicted molar refractivity (Wildman–Crippen MR) is 89.6 cm³/mol. The zero-order valence-electron chi connectivity index (χ0n) is 15.7. The number of hydrogen-bond acceptors (Lipinski definition) is 10. The van der Waals surface area contributed by atoms with Crippen LogP contribution < -0.4 is 0 Å². The zero-order chi connectivity index (χ0) is 21.1. The minimum Gasteiger partial charge on any atom is -0.462 e. The molecule has 10 nitrogen and oxygen atoms in total. The topological polar surface area (TPSA) is 132 Å². The number of carbonyl (C=O) groups excluding carboxylic acids is 5. The van der Waals surface area contributed by atoms with Crippen LogP contribution in [0.5, 0.6) is 0 Å². The van der Waals surface area contributed by atoms with E-state index in [4.69, 9.17) is 35.3 Å². The molecule has 0 unspecified atom stereocenters. The molecule has 11 heteroatoms. The molecule has 0 aromatic carbocycles. The fourth-order valence-corrected chi connectivity index (χ4v) is 2.34. The molecule has 0 fully saturated rings. The monoisotopic (exact) mass is 410 g/mol. The molecule has 4 atom stereocenters. The maximum absolute atomic E-state index is 11.6. The van der Waals surface area contributed by atoms with Gasteiger partial charge in [0.1, 0.15) is 6.61 Å². The lowest BCUT2D eigenvalue weighted by molar-refractivity contribution is -0.201. The number of alkyl halides is 1. The van der Waals surface area contributed by atoms with Crippen LogP contribution in [-0.2, 0) is 47.7 Å². The highest BCUT2D eigenvalue weighted by atomic mass is 35.5. The van der Waals surface area contributed by atoms with Gasteiger partial charge in [-0.2, -0.15) is 0 Å². The Morgan fingerprint density at radius 3 is 1.33 bits per heavy atom. The van der Waals surface area contributed by atoms with E-state index in [1.165, 1.54) is 0 Å². The first kappa shape index (κ1) is 24.6. The van der Waals surface area contributed by atoms with Crippen molar-refractivity contribution in [2.75, 3.05) is 12.5 Å². The molecule has 0 aliphatic carbocycles. The van der Waals surface area contributed by atoms with Crippen molar-refractivity contribution in [3.63, 3.8) is 0 Å². The van der Waals surface area contributed by atoms with E-state index >= 15 is 0 Å².